The zero-order valence-corrected chi connectivity index (χ0v) is 11.7. The highest BCUT2D eigenvalue weighted by molar-refractivity contribution is 5.42. The highest BCUT2D eigenvalue weighted by Gasteiger charge is 2.25. The zero-order chi connectivity index (χ0) is 15.8. The van der Waals surface area contributed by atoms with E-state index >= 15 is 0 Å². The first-order valence-electron chi connectivity index (χ1n) is 6.19. The van der Waals surface area contributed by atoms with Gasteiger partial charge in [-0.15, -0.1) is 0 Å². The van der Waals surface area contributed by atoms with Crippen LogP contribution in [0.25, 0.3) is 0 Å². The maximum Gasteiger partial charge on any atom is 0.255 e. The van der Waals surface area contributed by atoms with Gasteiger partial charge in [0.15, 0.2) is 0 Å². The smallest absolute Gasteiger partial charge is 0.255 e. The van der Waals surface area contributed by atoms with E-state index in [9.17, 15) is 17.6 Å². The Balaban J connectivity index is 2.54. The predicted molar refractivity (Wildman–Crippen MR) is 69.3 cm³/mol. The van der Waals surface area contributed by atoms with E-state index in [1.165, 1.54) is 6.07 Å². The van der Waals surface area contributed by atoms with Crippen LogP contribution in [-0.2, 0) is 5.41 Å². The molecule has 0 amide bonds. The van der Waals surface area contributed by atoms with E-state index in [1.54, 1.807) is 18.2 Å². The van der Waals surface area contributed by atoms with Gasteiger partial charge in [-0.05, 0) is 11.5 Å². The molecule has 0 atom stereocenters. The molecule has 0 saturated heterocycles. The minimum Gasteiger partial charge on any atom is -0.450 e. The lowest BCUT2D eigenvalue weighted by Gasteiger charge is -2.22. The highest BCUT2D eigenvalue weighted by atomic mass is 19.2. The van der Waals surface area contributed by atoms with Gasteiger partial charge in [-0.25, -0.2) is 0 Å². The van der Waals surface area contributed by atoms with Gasteiger partial charge >= 0.3 is 0 Å². The fourth-order valence-electron chi connectivity index (χ4n) is 1.84. The summed E-state index contributed by atoms with van der Waals surface area (Å²) in [5.74, 6) is -7.87. The molecule has 1 aromatic carbocycles. The third kappa shape index (κ3) is 2.99. The first-order chi connectivity index (χ1) is 9.71. The molecule has 6 heteroatoms. The van der Waals surface area contributed by atoms with Crippen molar-refractivity contribution in [3.63, 3.8) is 0 Å². The Morgan fingerprint density at radius 2 is 1.43 bits per heavy atom. The summed E-state index contributed by atoms with van der Waals surface area (Å²) in [6.45, 7) is 5.61. The number of benzene rings is 1. The number of halogens is 4. The summed E-state index contributed by atoms with van der Waals surface area (Å²) in [6.07, 6.45) is 0. The summed E-state index contributed by atoms with van der Waals surface area (Å²) in [7, 11) is 0. The lowest BCUT2D eigenvalue weighted by Crippen LogP contribution is -2.13. The van der Waals surface area contributed by atoms with Crippen LogP contribution in [0.2, 0.25) is 0 Å². The maximum absolute atomic E-state index is 13.6. The van der Waals surface area contributed by atoms with E-state index in [-0.39, 0.29) is 11.2 Å². The van der Waals surface area contributed by atoms with Crippen LogP contribution in [0.5, 0.6) is 11.5 Å². The van der Waals surface area contributed by atoms with Crippen LogP contribution in [0.15, 0.2) is 24.3 Å². The molecule has 0 aliphatic carbocycles. The first-order valence-corrected chi connectivity index (χ1v) is 6.19. The van der Waals surface area contributed by atoms with Crippen LogP contribution < -0.4 is 4.74 Å². The number of ether oxygens (including phenoxy) is 1. The molecule has 0 aliphatic rings. The van der Waals surface area contributed by atoms with Crippen molar-refractivity contribution in [1.29, 1.82) is 0 Å². The van der Waals surface area contributed by atoms with Crippen LogP contribution >= 0.6 is 0 Å². The van der Waals surface area contributed by atoms with Crippen molar-refractivity contribution in [1.82, 2.24) is 4.98 Å². The van der Waals surface area contributed by atoms with Crippen molar-refractivity contribution >= 4 is 0 Å². The molecule has 2 aromatic rings. The second kappa shape index (κ2) is 5.35. The first kappa shape index (κ1) is 15.3. The molecule has 0 fully saturated rings. The SMILES string of the molecule is CC(C)(C)c1ccccc1Oc1c(F)c(F)nc(F)c1F. The van der Waals surface area contributed by atoms with Gasteiger partial charge in [0.25, 0.3) is 11.9 Å². The summed E-state index contributed by atoms with van der Waals surface area (Å²) in [6, 6.07) is 6.50. The Labute approximate surface area is 119 Å². The van der Waals surface area contributed by atoms with Gasteiger partial charge in [-0.3, -0.25) is 0 Å². The Morgan fingerprint density at radius 3 is 1.95 bits per heavy atom. The number of aromatic nitrogens is 1. The molecule has 21 heavy (non-hydrogen) atoms. The van der Waals surface area contributed by atoms with Crippen molar-refractivity contribution in [2.24, 2.45) is 0 Å². The largest absolute Gasteiger partial charge is 0.450 e. The molecule has 0 bridgehead atoms. The molecule has 2 nitrogen and oxygen atoms in total. The molecular formula is C15H13F4NO. The van der Waals surface area contributed by atoms with E-state index < -0.39 is 29.3 Å². The standard InChI is InChI=1S/C15H13F4NO/c1-15(2,3)8-6-4-5-7-9(8)21-12-10(16)13(18)20-14(19)11(12)17/h4-7H,1-3H3. The lowest BCUT2D eigenvalue weighted by atomic mass is 9.86. The monoisotopic (exact) mass is 299 g/mol. The number of hydrogen-bond acceptors (Lipinski definition) is 2. The highest BCUT2D eigenvalue weighted by Crippen LogP contribution is 2.36. The van der Waals surface area contributed by atoms with Crippen molar-refractivity contribution in [3.8, 4) is 11.5 Å². The van der Waals surface area contributed by atoms with E-state index in [0.29, 0.717) is 5.56 Å². The molecule has 112 valence electrons. The van der Waals surface area contributed by atoms with Gasteiger partial charge < -0.3 is 4.74 Å². The van der Waals surface area contributed by atoms with Gasteiger partial charge in [-0.2, -0.15) is 22.5 Å². The maximum atomic E-state index is 13.6. The van der Waals surface area contributed by atoms with Crippen LogP contribution in [-0.4, -0.2) is 4.98 Å². The second-order valence-corrected chi connectivity index (χ2v) is 5.50. The minimum atomic E-state index is -1.75. The zero-order valence-electron chi connectivity index (χ0n) is 11.7. The van der Waals surface area contributed by atoms with Crippen molar-refractivity contribution in [3.05, 3.63) is 53.4 Å². The molecule has 0 unspecified atom stereocenters. The van der Waals surface area contributed by atoms with Crippen molar-refractivity contribution in [2.45, 2.75) is 26.2 Å². The topological polar surface area (TPSA) is 22.1 Å². The Bertz CT molecular complexity index is 654. The average Bonchev–Trinajstić information content (AvgIpc) is 2.41. The summed E-state index contributed by atoms with van der Waals surface area (Å²) in [5, 5.41) is 0. The Kier molecular flexibility index (Phi) is 3.89. The van der Waals surface area contributed by atoms with Gasteiger partial charge in [-0.1, -0.05) is 39.0 Å². The second-order valence-electron chi connectivity index (χ2n) is 5.50. The Hall–Kier alpha value is -2.11. The normalized spacial score (nSPS) is 11.6. The van der Waals surface area contributed by atoms with Gasteiger partial charge in [0.2, 0.25) is 17.4 Å². The number of nitrogens with zero attached hydrogens (tertiary/aromatic N) is 1. The summed E-state index contributed by atoms with van der Waals surface area (Å²) in [5.41, 5.74) is 0.259. The molecule has 1 aromatic heterocycles. The van der Waals surface area contributed by atoms with Gasteiger partial charge in [0.1, 0.15) is 5.75 Å². The predicted octanol–water partition coefficient (Wildman–Crippen LogP) is 4.73. The van der Waals surface area contributed by atoms with E-state index in [1.807, 2.05) is 20.8 Å². The number of para-hydroxylation sites is 1. The molecule has 0 aliphatic heterocycles. The molecule has 0 radical (unpaired) electrons. The third-order valence-electron chi connectivity index (χ3n) is 2.86. The summed E-state index contributed by atoms with van der Waals surface area (Å²) >= 11 is 0. The van der Waals surface area contributed by atoms with Gasteiger partial charge in [0.05, 0.1) is 0 Å². The average molecular weight is 299 g/mol. The number of hydrogen-bond donors (Lipinski definition) is 0. The fourth-order valence-corrected chi connectivity index (χ4v) is 1.84. The molecule has 1 heterocycles. The van der Waals surface area contributed by atoms with Crippen LogP contribution in [0.3, 0.4) is 0 Å². The van der Waals surface area contributed by atoms with Crippen molar-refractivity contribution < 1.29 is 22.3 Å². The van der Waals surface area contributed by atoms with Crippen LogP contribution in [0, 0.1) is 23.5 Å². The van der Waals surface area contributed by atoms with Crippen molar-refractivity contribution in [2.75, 3.05) is 0 Å². The number of pyridine rings is 1. The molecule has 2 rings (SSSR count). The number of rotatable bonds is 2. The lowest BCUT2D eigenvalue weighted by molar-refractivity contribution is 0.339. The molecular weight excluding hydrogens is 286 g/mol. The molecule has 0 saturated carbocycles. The molecule has 0 spiro atoms. The van der Waals surface area contributed by atoms with E-state index in [4.69, 9.17) is 4.74 Å². The van der Waals surface area contributed by atoms with E-state index in [2.05, 4.69) is 4.98 Å². The summed E-state index contributed by atoms with van der Waals surface area (Å²) < 4.78 is 58.4. The summed E-state index contributed by atoms with van der Waals surface area (Å²) in [4.78, 5) is 2.48. The quantitative estimate of drug-likeness (QED) is 0.591. The van der Waals surface area contributed by atoms with Crippen LogP contribution in [0.4, 0.5) is 17.6 Å². The minimum absolute atomic E-state index is 0.118. The molecule has 0 N–H and O–H groups in total. The third-order valence-corrected chi connectivity index (χ3v) is 2.86. The fraction of sp³-hybridized carbons (Fsp3) is 0.267. The van der Waals surface area contributed by atoms with Crippen LogP contribution in [0.1, 0.15) is 26.3 Å². The van der Waals surface area contributed by atoms with Gasteiger partial charge in [0, 0.05) is 5.56 Å². The van der Waals surface area contributed by atoms with E-state index in [0.717, 1.165) is 0 Å². The Morgan fingerprint density at radius 1 is 0.905 bits per heavy atom.